The Bertz CT molecular complexity index is 415. The Kier molecular flexibility index (Phi) is 4.99. The van der Waals surface area contributed by atoms with E-state index in [1.54, 1.807) is 0 Å². The van der Waals surface area contributed by atoms with Crippen LogP contribution in [0.5, 0.6) is 0 Å². The SMILES string of the molecule is Br.BrCc1ccccc1-c1ccccn1. The second kappa shape index (κ2) is 6.03. The van der Waals surface area contributed by atoms with Crippen molar-refractivity contribution in [3.05, 3.63) is 54.2 Å². The summed E-state index contributed by atoms with van der Waals surface area (Å²) >= 11 is 3.48. The molecule has 15 heavy (non-hydrogen) atoms. The molecule has 0 saturated carbocycles. The minimum absolute atomic E-state index is 0. The van der Waals surface area contributed by atoms with Gasteiger partial charge < -0.3 is 0 Å². The molecular formula is C12H11Br2N. The molecule has 0 fully saturated rings. The van der Waals surface area contributed by atoms with Gasteiger partial charge >= 0.3 is 0 Å². The van der Waals surface area contributed by atoms with Gasteiger partial charge in [0.15, 0.2) is 0 Å². The number of aromatic nitrogens is 1. The maximum absolute atomic E-state index is 4.34. The first-order valence-corrected chi connectivity index (χ1v) is 5.59. The van der Waals surface area contributed by atoms with Crippen LogP contribution < -0.4 is 0 Å². The summed E-state index contributed by atoms with van der Waals surface area (Å²) in [6.07, 6.45) is 1.82. The molecule has 0 saturated heterocycles. The Balaban J connectivity index is 0.00000112. The standard InChI is InChI=1S/C12H10BrN.BrH/c13-9-10-5-1-2-6-11(10)12-7-3-4-8-14-12;/h1-8H,9H2;1H. The molecular weight excluding hydrogens is 318 g/mol. The van der Waals surface area contributed by atoms with E-state index < -0.39 is 0 Å². The zero-order valence-corrected chi connectivity index (χ0v) is 11.4. The molecule has 1 heterocycles. The second-order valence-corrected chi connectivity index (χ2v) is 3.57. The van der Waals surface area contributed by atoms with Crippen LogP contribution in [0.1, 0.15) is 5.56 Å². The van der Waals surface area contributed by atoms with Crippen molar-refractivity contribution in [2.75, 3.05) is 0 Å². The Hall–Kier alpha value is -0.670. The van der Waals surface area contributed by atoms with E-state index in [0.29, 0.717) is 0 Å². The van der Waals surface area contributed by atoms with Crippen molar-refractivity contribution < 1.29 is 0 Å². The van der Waals surface area contributed by atoms with Crippen LogP contribution in [0.25, 0.3) is 11.3 Å². The van der Waals surface area contributed by atoms with E-state index in [4.69, 9.17) is 0 Å². The molecule has 3 heteroatoms. The van der Waals surface area contributed by atoms with E-state index in [2.05, 4.69) is 33.0 Å². The number of benzene rings is 1. The van der Waals surface area contributed by atoms with E-state index >= 15 is 0 Å². The molecule has 1 aromatic carbocycles. The van der Waals surface area contributed by atoms with Crippen molar-refractivity contribution in [3.8, 4) is 11.3 Å². The molecule has 2 rings (SSSR count). The molecule has 0 N–H and O–H groups in total. The van der Waals surface area contributed by atoms with Crippen LogP contribution in [-0.2, 0) is 5.33 Å². The fourth-order valence-corrected chi connectivity index (χ4v) is 1.90. The number of pyridine rings is 1. The summed E-state index contributed by atoms with van der Waals surface area (Å²) in [4.78, 5) is 4.34. The van der Waals surface area contributed by atoms with Crippen molar-refractivity contribution in [2.24, 2.45) is 0 Å². The van der Waals surface area contributed by atoms with Crippen molar-refractivity contribution in [1.29, 1.82) is 0 Å². The molecule has 1 nitrogen and oxygen atoms in total. The van der Waals surface area contributed by atoms with Crippen LogP contribution in [-0.4, -0.2) is 4.98 Å². The largest absolute Gasteiger partial charge is 0.256 e. The predicted octanol–water partition coefficient (Wildman–Crippen LogP) is 4.22. The van der Waals surface area contributed by atoms with Gasteiger partial charge in [-0.3, -0.25) is 4.98 Å². The number of hydrogen-bond acceptors (Lipinski definition) is 1. The quantitative estimate of drug-likeness (QED) is 0.752. The monoisotopic (exact) mass is 327 g/mol. The zero-order chi connectivity index (χ0) is 9.80. The van der Waals surface area contributed by atoms with E-state index in [1.807, 2.05) is 36.5 Å². The highest BCUT2D eigenvalue weighted by atomic mass is 79.9. The highest BCUT2D eigenvalue weighted by Gasteiger charge is 2.02. The van der Waals surface area contributed by atoms with Gasteiger partial charge in [0.25, 0.3) is 0 Å². The van der Waals surface area contributed by atoms with Crippen LogP contribution in [0.3, 0.4) is 0 Å². The Morgan fingerprint density at radius 3 is 2.40 bits per heavy atom. The average Bonchev–Trinajstić information content (AvgIpc) is 2.30. The first kappa shape index (κ1) is 12.4. The van der Waals surface area contributed by atoms with Crippen LogP contribution >= 0.6 is 32.9 Å². The van der Waals surface area contributed by atoms with Crippen LogP contribution in [0.4, 0.5) is 0 Å². The maximum Gasteiger partial charge on any atom is 0.0705 e. The smallest absolute Gasteiger partial charge is 0.0705 e. The molecule has 0 unspecified atom stereocenters. The zero-order valence-electron chi connectivity index (χ0n) is 8.06. The molecule has 0 aliphatic heterocycles. The van der Waals surface area contributed by atoms with Crippen LogP contribution in [0.15, 0.2) is 48.7 Å². The van der Waals surface area contributed by atoms with Gasteiger partial charge in [-0.25, -0.2) is 0 Å². The summed E-state index contributed by atoms with van der Waals surface area (Å²) in [6, 6.07) is 14.3. The van der Waals surface area contributed by atoms with Crippen molar-refractivity contribution in [1.82, 2.24) is 4.98 Å². The fourth-order valence-electron chi connectivity index (χ4n) is 1.41. The summed E-state index contributed by atoms with van der Waals surface area (Å²) in [7, 11) is 0. The summed E-state index contributed by atoms with van der Waals surface area (Å²) in [5.74, 6) is 0. The number of rotatable bonds is 2. The fraction of sp³-hybridized carbons (Fsp3) is 0.0833. The molecule has 0 spiro atoms. The second-order valence-electron chi connectivity index (χ2n) is 3.01. The number of alkyl halides is 1. The lowest BCUT2D eigenvalue weighted by atomic mass is 10.1. The van der Waals surface area contributed by atoms with E-state index in [-0.39, 0.29) is 17.0 Å². The van der Waals surface area contributed by atoms with Crippen LogP contribution in [0.2, 0.25) is 0 Å². The van der Waals surface area contributed by atoms with E-state index in [0.717, 1.165) is 11.0 Å². The van der Waals surface area contributed by atoms with Gasteiger partial charge in [0.1, 0.15) is 0 Å². The lowest BCUT2D eigenvalue weighted by Crippen LogP contribution is -1.87. The minimum atomic E-state index is 0. The average molecular weight is 329 g/mol. The van der Waals surface area contributed by atoms with Crippen molar-refractivity contribution >= 4 is 32.9 Å². The van der Waals surface area contributed by atoms with Gasteiger partial charge in [-0.1, -0.05) is 46.3 Å². The van der Waals surface area contributed by atoms with Crippen molar-refractivity contribution in [2.45, 2.75) is 5.33 Å². The number of nitrogens with zero attached hydrogens (tertiary/aromatic N) is 1. The third-order valence-corrected chi connectivity index (χ3v) is 2.71. The molecule has 0 atom stereocenters. The number of halogens is 2. The molecule has 2 aromatic rings. The molecule has 1 aromatic heterocycles. The lowest BCUT2D eigenvalue weighted by Gasteiger charge is -2.05. The van der Waals surface area contributed by atoms with Gasteiger partial charge in [0.05, 0.1) is 5.69 Å². The lowest BCUT2D eigenvalue weighted by molar-refractivity contribution is 1.30. The number of hydrogen-bond donors (Lipinski definition) is 0. The molecule has 0 amide bonds. The Morgan fingerprint density at radius 1 is 1.00 bits per heavy atom. The Morgan fingerprint density at radius 2 is 1.73 bits per heavy atom. The third-order valence-electron chi connectivity index (χ3n) is 2.10. The van der Waals surface area contributed by atoms with Gasteiger partial charge in [-0.05, 0) is 17.7 Å². The van der Waals surface area contributed by atoms with Gasteiger partial charge in [0, 0.05) is 17.1 Å². The summed E-state index contributed by atoms with van der Waals surface area (Å²) in [5, 5.41) is 0.861. The molecule has 0 radical (unpaired) electrons. The summed E-state index contributed by atoms with van der Waals surface area (Å²) < 4.78 is 0. The maximum atomic E-state index is 4.34. The van der Waals surface area contributed by atoms with E-state index in [1.165, 1.54) is 11.1 Å². The molecule has 0 bridgehead atoms. The van der Waals surface area contributed by atoms with Crippen molar-refractivity contribution in [3.63, 3.8) is 0 Å². The summed E-state index contributed by atoms with van der Waals surface area (Å²) in [5.41, 5.74) is 3.50. The molecule has 0 aliphatic carbocycles. The third kappa shape index (κ3) is 2.89. The predicted molar refractivity (Wildman–Crippen MR) is 72.6 cm³/mol. The van der Waals surface area contributed by atoms with Gasteiger partial charge in [-0.15, -0.1) is 17.0 Å². The van der Waals surface area contributed by atoms with Crippen LogP contribution in [0, 0.1) is 0 Å². The van der Waals surface area contributed by atoms with E-state index in [9.17, 15) is 0 Å². The molecule has 78 valence electrons. The first-order valence-electron chi connectivity index (χ1n) is 4.47. The molecule has 0 aliphatic rings. The summed E-state index contributed by atoms with van der Waals surface area (Å²) in [6.45, 7) is 0. The highest BCUT2D eigenvalue weighted by Crippen LogP contribution is 2.22. The highest BCUT2D eigenvalue weighted by molar-refractivity contribution is 9.08. The van der Waals surface area contributed by atoms with Gasteiger partial charge in [0.2, 0.25) is 0 Å². The minimum Gasteiger partial charge on any atom is -0.256 e. The normalized spacial score (nSPS) is 9.40. The Labute approximate surface area is 108 Å². The first-order chi connectivity index (χ1) is 6.92. The van der Waals surface area contributed by atoms with Gasteiger partial charge in [-0.2, -0.15) is 0 Å². The topological polar surface area (TPSA) is 12.9 Å².